The summed E-state index contributed by atoms with van der Waals surface area (Å²) in [6.45, 7) is 0. The Bertz CT molecular complexity index is 1140. The van der Waals surface area contributed by atoms with E-state index in [1.165, 1.54) is 4.90 Å². The van der Waals surface area contributed by atoms with Crippen molar-refractivity contribution in [3.05, 3.63) is 88.9 Å². The van der Waals surface area contributed by atoms with E-state index in [9.17, 15) is 9.59 Å². The van der Waals surface area contributed by atoms with Gasteiger partial charge in [0.2, 0.25) is 5.91 Å². The Morgan fingerprint density at radius 2 is 1.61 bits per heavy atom. The van der Waals surface area contributed by atoms with Crippen molar-refractivity contribution in [2.45, 2.75) is 12.1 Å². The molecule has 3 aromatic rings. The Hall–Kier alpha value is -3.16. The molecule has 0 saturated carbocycles. The molecule has 2 aliphatic rings. The van der Waals surface area contributed by atoms with E-state index in [2.05, 4.69) is 15.9 Å². The van der Waals surface area contributed by atoms with Crippen LogP contribution in [0.15, 0.2) is 83.3 Å². The summed E-state index contributed by atoms with van der Waals surface area (Å²) >= 11 is 3.51. The van der Waals surface area contributed by atoms with Crippen LogP contribution in [0, 0.1) is 5.92 Å². The van der Waals surface area contributed by atoms with E-state index in [1.54, 1.807) is 36.4 Å². The maximum Gasteiger partial charge on any atom is 0.266 e. The van der Waals surface area contributed by atoms with E-state index in [1.807, 2.05) is 54.6 Å². The molecule has 31 heavy (non-hydrogen) atoms. The second-order valence-electron chi connectivity index (χ2n) is 7.42. The van der Waals surface area contributed by atoms with Crippen molar-refractivity contribution in [2.24, 2.45) is 5.92 Å². The van der Waals surface area contributed by atoms with Gasteiger partial charge in [0.05, 0.1) is 24.5 Å². The minimum absolute atomic E-state index is 0.274. The molecule has 0 spiro atoms. The molecule has 3 atom stereocenters. The first-order valence-electron chi connectivity index (χ1n) is 9.87. The number of carbonyl (C=O) groups excluding carboxylic acids is 2. The smallest absolute Gasteiger partial charge is 0.266 e. The van der Waals surface area contributed by atoms with Gasteiger partial charge in [-0.2, -0.15) is 0 Å². The SMILES string of the molecule is COc1ccc(N2C(=O)[C@H]3[C@H](ON(c4ccccc4)[C@@H]3c3cccc(Br)c3)C2=O)cc1. The fourth-order valence-electron chi connectivity index (χ4n) is 4.23. The second-order valence-corrected chi connectivity index (χ2v) is 8.34. The lowest BCUT2D eigenvalue weighted by atomic mass is 9.90. The van der Waals surface area contributed by atoms with Crippen LogP contribution in [-0.4, -0.2) is 25.0 Å². The van der Waals surface area contributed by atoms with Gasteiger partial charge in [-0.25, -0.2) is 9.96 Å². The molecule has 2 heterocycles. The normalized spacial score (nSPS) is 22.7. The van der Waals surface area contributed by atoms with E-state index in [-0.39, 0.29) is 11.8 Å². The van der Waals surface area contributed by atoms with Crippen molar-refractivity contribution >= 4 is 39.1 Å². The molecule has 3 aromatic carbocycles. The second kappa shape index (κ2) is 7.83. The van der Waals surface area contributed by atoms with Gasteiger partial charge in [0.1, 0.15) is 11.7 Å². The van der Waals surface area contributed by atoms with Crippen molar-refractivity contribution < 1.29 is 19.2 Å². The molecular formula is C24H19BrN2O4. The number of halogens is 1. The lowest BCUT2D eigenvalue weighted by Gasteiger charge is -2.28. The Labute approximate surface area is 188 Å². The number of fused-ring (bicyclic) bond motifs is 1. The minimum atomic E-state index is -0.890. The number of ether oxygens (including phenoxy) is 1. The van der Waals surface area contributed by atoms with Crippen molar-refractivity contribution in [1.82, 2.24) is 0 Å². The third kappa shape index (κ3) is 3.30. The highest BCUT2D eigenvalue weighted by Gasteiger charge is 2.60. The molecule has 0 unspecified atom stereocenters. The van der Waals surface area contributed by atoms with Crippen LogP contribution in [0.4, 0.5) is 11.4 Å². The maximum atomic E-state index is 13.6. The number of imide groups is 1. The van der Waals surface area contributed by atoms with Crippen LogP contribution in [0.25, 0.3) is 0 Å². The number of methoxy groups -OCH3 is 1. The lowest BCUT2D eigenvalue weighted by molar-refractivity contribution is -0.126. The van der Waals surface area contributed by atoms with Gasteiger partial charge in [-0.15, -0.1) is 0 Å². The average Bonchev–Trinajstić information content (AvgIpc) is 3.31. The standard InChI is InChI=1S/C24H19BrN2O4/c1-30-19-12-10-17(11-13-19)26-23(28)20-21(15-6-5-7-16(25)14-15)27(31-22(20)24(26)29)18-8-3-2-4-9-18/h2-14,20-22H,1H3/t20-,21-,22+/m1/s1. The highest BCUT2D eigenvalue weighted by Crippen LogP contribution is 2.47. The molecule has 0 N–H and O–H groups in total. The van der Waals surface area contributed by atoms with E-state index in [0.29, 0.717) is 11.4 Å². The van der Waals surface area contributed by atoms with Crippen LogP contribution in [0.1, 0.15) is 11.6 Å². The van der Waals surface area contributed by atoms with Gasteiger partial charge < -0.3 is 4.74 Å². The van der Waals surface area contributed by atoms with Crippen molar-refractivity contribution in [1.29, 1.82) is 0 Å². The number of amides is 2. The maximum absolute atomic E-state index is 13.6. The predicted molar refractivity (Wildman–Crippen MR) is 120 cm³/mol. The summed E-state index contributed by atoms with van der Waals surface area (Å²) in [5, 5.41) is 1.69. The summed E-state index contributed by atoms with van der Waals surface area (Å²) in [5.41, 5.74) is 2.19. The summed E-state index contributed by atoms with van der Waals surface area (Å²) in [5.74, 6) is -0.646. The number of carbonyl (C=O) groups is 2. The van der Waals surface area contributed by atoms with Gasteiger partial charge in [0.15, 0.2) is 6.10 Å². The van der Waals surface area contributed by atoms with Gasteiger partial charge in [-0.05, 0) is 54.1 Å². The number of para-hydroxylation sites is 1. The van der Waals surface area contributed by atoms with Gasteiger partial charge in [-0.1, -0.05) is 46.3 Å². The predicted octanol–water partition coefficient (Wildman–Crippen LogP) is 4.51. The third-order valence-electron chi connectivity index (χ3n) is 5.65. The van der Waals surface area contributed by atoms with Gasteiger partial charge >= 0.3 is 0 Å². The molecule has 7 heteroatoms. The van der Waals surface area contributed by atoms with E-state index in [4.69, 9.17) is 9.57 Å². The number of hydrogen-bond acceptors (Lipinski definition) is 5. The highest BCUT2D eigenvalue weighted by atomic mass is 79.9. The van der Waals surface area contributed by atoms with Crippen LogP contribution >= 0.6 is 15.9 Å². The van der Waals surface area contributed by atoms with Crippen LogP contribution in [0.5, 0.6) is 5.75 Å². The number of hydroxylamine groups is 1. The van der Waals surface area contributed by atoms with E-state index < -0.39 is 18.1 Å². The molecule has 2 fully saturated rings. The Morgan fingerprint density at radius 3 is 2.29 bits per heavy atom. The Kier molecular flexibility index (Phi) is 5.00. The molecule has 2 saturated heterocycles. The molecule has 156 valence electrons. The first kappa shape index (κ1) is 19.8. The number of benzene rings is 3. The minimum Gasteiger partial charge on any atom is -0.497 e. The Balaban J connectivity index is 1.57. The fourth-order valence-corrected chi connectivity index (χ4v) is 4.65. The first-order valence-corrected chi connectivity index (χ1v) is 10.7. The summed E-state index contributed by atoms with van der Waals surface area (Å²) < 4.78 is 6.08. The molecule has 2 aliphatic heterocycles. The summed E-state index contributed by atoms with van der Waals surface area (Å²) in [7, 11) is 1.57. The van der Waals surface area contributed by atoms with Crippen molar-refractivity contribution in [2.75, 3.05) is 17.1 Å². The Morgan fingerprint density at radius 1 is 0.871 bits per heavy atom. The fraction of sp³-hybridized carbons (Fsp3) is 0.167. The van der Waals surface area contributed by atoms with Crippen LogP contribution in [-0.2, 0) is 14.4 Å². The number of hydrogen-bond donors (Lipinski definition) is 0. The first-order chi connectivity index (χ1) is 15.1. The summed E-state index contributed by atoms with van der Waals surface area (Å²) in [4.78, 5) is 34.2. The van der Waals surface area contributed by atoms with E-state index in [0.717, 1.165) is 15.7 Å². The molecule has 6 nitrogen and oxygen atoms in total. The van der Waals surface area contributed by atoms with Crippen LogP contribution in [0.3, 0.4) is 0 Å². The van der Waals surface area contributed by atoms with Crippen LogP contribution < -0.4 is 14.7 Å². The monoisotopic (exact) mass is 478 g/mol. The third-order valence-corrected chi connectivity index (χ3v) is 6.14. The van der Waals surface area contributed by atoms with Gasteiger partial charge in [-0.3, -0.25) is 14.4 Å². The number of rotatable bonds is 4. The molecule has 5 rings (SSSR count). The molecule has 0 aromatic heterocycles. The average molecular weight is 479 g/mol. The highest BCUT2D eigenvalue weighted by molar-refractivity contribution is 9.10. The zero-order chi connectivity index (χ0) is 21.5. The molecule has 2 amide bonds. The molecule has 0 bridgehead atoms. The largest absolute Gasteiger partial charge is 0.497 e. The number of anilines is 2. The molecule has 0 aliphatic carbocycles. The van der Waals surface area contributed by atoms with Gasteiger partial charge in [0.25, 0.3) is 5.91 Å². The lowest BCUT2D eigenvalue weighted by Crippen LogP contribution is -2.37. The summed E-state index contributed by atoms with van der Waals surface area (Å²) in [6, 6.07) is 23.7. The molecule has 0 radical (unpaired) electrons. The molecular weight excluding hydrogens is 460 g/mol. The topological polar surface area (TPSA) is 59.1 Å². The van der Waals surface area contributed by atoms with Crippen molar-refractivity contribution in [3.63, 3.8) is 0 Å². The van der Waals surface area contributed by atoms with Crippen molar-refractivity contribution in [3.8, 4) is 5.75 Å². The number of nitrogens with zero attached hydrogens (tertiary/aromatic N) is 2. The summed E-state index contributed by atoms with van der Waals surface area (Å²) in [6.07, 6.45) is -0.890. The zero-order valence-electron chi connectivity index (χ0n) is 16.6. The quantitative estimate of drug-likeness (QED) is 0.516. The van der Waals surface area contributed by atoms with Gasteiger partial charge in [0, 0.05) is 4.47 Å². The zero-order valence-corrected chi connectivity index (χ0v) is 18.2. The van der Waals surface area contributed by atoms with E-state index >= 15 is 0 Å². The van der Waals surface area contributed by atoms with Crippen LogP contribution in [0.2, 0.25) is 0 Å².